The van der Waals surface area contributed by atoms with Crippen LogP contribution in [0.25, 0.3) is 0 Å². The van der Waals surface area contributed by atoms with Crippen molar-refractivity contribution >= 4 is 35.1 Å². The van der Waals surface area contributed by atoms with Crippen LogP contribution in [0.5, 0.6) is 0 Å². The molecule has 0 aliphatic carbocycles. The summed E-state index contributed by atoms with van der Waals surface area (Å²) < 4.78 is 0. The maximum atomic E-state index is 12.9. The fourth-order valence-electron chi connectivity index (χ4n) is 4.91. The van der Waals surface area contributed by atoms with Crippen molar-refractivity contribution in [2.24, 2.45) is 4.99 Å². The monoisotopic (exact) mass is 480 g/mol. The fraction of sp³-hybridized carbons (Fsp3) is 0.400. The molecule has 3 amide bonds. The fourth-order valence-corrected chi connectivity index (χ4v) is 5.10. The molecule has 2 fully saturated rings. The number of nitrogens with one attached hydrogen (secondary N) is 1. The first kappa shape index (κ1) is 22.7. The lowest BCUT2D eigenvalue weighted by atomic mass is 10.1. The summed E-state index contributed by atoms with van der Waals surface area (Å²) in [5.41, 5.74) is 3.45. The van der Waals surface area contributed by atoms with Crippen LogP contribution in [0, 0.1) is 6.92 Å². The Morgan fingerprint density at radius 1 is 1.03 bits per heavy atom. The van der Waals surface area contributed by atoms with Crippen LogP contribution < -0.4 is 10.2 Å². The average Bonchev–Trinajstić information content (AvgIpc) is 3.18. The molecule has 2 aromatic rings. The second kappa shape index (κ2) is 9.27. The molecule has 8 nitrogen and oxygen atoms in total. The number of carbonyl (C=O) groups is 2. The van der Waals surface area contributed by atoms with Gasteiger partial charge in [-0.1, -0.05) is 41.9 Å². The van der Waals surface area contributed by atoms with Crippen molar-refractivity contribution in [3.8, 4) is 0 Å². The van der Waals surface area contributed by atoms with Crippen molar-refractivity contribution in [2.45, 2.75) is 25.7 Å². The third-order valence-electron chi connectivity index (χ3n) is 6.96. The maximum Gasteiger partial charge on any atom is 0.325 e. The number of halogens is 1. The second-order valence-electron chi connectivity index (χ2n) is 9.11. The number of rotatable bonds is 5. The minimum Gasteiger partial charge on any atom is -0.369 e. The van der Waals surface area contributed by atoms with Crippen molar-refractivity contribution in [3.05, 3.63) is 64.7 Å². The lowest BCUT2D eigenvalue weighted by Gasteiger charge is -2.38. The van der Waals surface area contributed by atoms with Crippen LogP contribution >= 0.6 is 11.6 Å². The van der Waals surface area contributed by atoms with Gasteiger partial charge in [0, 0.05) is 50.5 Å². The Hall–Kier alpha value is -3.10. The van der Waals surface area contributed by atoms with E-state index in [1.165, 1.54) is 10.5 Å². The van der Waals surface area contributed by atoms with Gasteiger partial charge in [-0.2, -0.15) is 0 Å². The number of amidine groups is 1. The molecule has 34 heavy (non-hydrogen) atoms. The SMILES string of the molecule is Cc1ccccc1CN1C(CN2CCN(c3cccc(Cl)c3)CC2)=NC2C1C(=O)NC(=O)N2C. The number of fused-ring (bicyclic) bond motifs is 1. The number of benzene rings is 2. The van der Waals surface area contributed by atoms with Gasteiger partial charge >= 0.3 is 6.03 Å². The Bertz CT molecular complexity index is 1130. The minimum atomic E-state index is -0.523. The molecule has 2 unspecified atom stereocenters. The molecule has 0 saturated carbocycles. The highest BCUT2D eigenvalue weighted by Crippen LogP contribution is 2.27. The van der Waals surface area contributed by atoms with Gasteiger partial charge in [0.2, 0.25) is 0 Å². The number of amides is 3. The molecule has 9 heteroatoms. The Morgan fingerprint density at radius 2 is 1.79 bits per heavy atom. The quantitative estimate of drug-likeness (QED) is 0.712. The zero-order chi connectivity index (χ0) is 23.8. The summed E-state index contributed by atoms with van der Waals surface area (Å²) in [5, 5.41) is 3.23. The molecular weight excluding hydrogens is 452 g/mol. The largest absolute Gasteiger partial charge is 0.369 e. The predicted octanol–water partition coefficient (Wildman–Crippen LogP) is 2.56. The third-order valence-corrected chi connectivity index (χ3v) is 7.19. The number of piperazine rings is 1. The number of hydrogen-bond acceptors (Lipinski definition) is 6. The zero-order valence-electron chi connectivity index (χ0n) is 19.4. The normalized spacial score (nSPS) is 23.1. The third kappa shape index (κ3) is 4.35. The van der Waals surface area contributed by atoms with Gasteiger partial charge in [-0.05, 0) is 36.2 Å². The molecular formula is C25H29ClN6O2. The molecule has 3 aliphatic heterocycles. The predicted molar refractivity (Wildman–Crippen MR) is 133 cm³/mol. The number of anilines is 1. The van der Waals surface area contributed by atoms with Gasteiger partial charge < -0.3 is 14.7 Å². The number of nitrogens with zero attached hydrogens (tertiary/aromatic N) is 5. The number of aryl methyl sites for hydroxylation is 1. The Morgan fingerprint density at radius 3 is 2.53 bits per heavy atom. The Balaban J connectivity index is 1.34. The standard InChI is InChI=1S/C25H29ClN6O2/c1-17-6-3-4-7-18(17)15-32-21(27-23-22(32)24(33)28-25(34)29(23)2)16-30-10-12-31(13-11-30)20-9-5-8-19(26)14-20/h3-9,14,22-23H,10-13,15-16H2,1-2H3,(H,28,33,34). The van der Waals surface area contributed by atoms with Crippen LogP contribution in [0.2, 0.25) is 5.02 Å². The first-order chi connectivity index (χ1) is 16.4. The molecule has 0 aromatic heterocycles. The van der Waals surface area contributed by atoms with Gasteiger partial charge in [0.15, 0.2) is 12.2 Å². The van der Waals surface area contributed by atoms with E-state index in [4.69, 9.17) is 16.6 Å². The molecule has 0 spiro atoms. The van der Waals surface area contributed by atoms with E-state index in [-0.39, 0.29) is 5.91 Å². The van der Waals surface area contributed by atoms with E-state index < -0.39 is 18.2 Å². The average molecular weight is 481 g/mol. The van der Waals surface area contributed by atoms with Crippen molar-refractivity contribution in [1.29, 1.82) is 0 Å². The summed E-state index contributed by atoms with van der Waals surface area (Å²) in [6.45, 7) is 6.81. The highest BCUT2D eigenvalue weighted by atomic mass is 35.5. The molecule has 3 aliphatic rings. The number of likely N-dealkylation sites (N-methyl/N-ethyl adjacent to an activating group) is 1. The number of carbonyl (C=O) groups excluding carboxylic acids is 2. The zero-order valence-corrected chi connectivity index (χ0v) is 20.2. The smallest absolute Gasteiger partial charge is 0.325 e. The highest BCUT2D eigenvalue weighted by Gasteiger charge is 2.48. The molecule has 0 bridgehead atoms. The summed E-state index contributed by atoms with van der Waals surface area (Å²) in [5.74, 6) is 0.567. The number of hydrogen-bond donors (Lipinski definition) is 1. The van der Waals surface area contributed by atoms with E-state index >= 15 is 0 Å². The molecule has 3 heterocycles. The van der Waals surface area contributed by atoms with Crippen LogP contribution in [0.3, 0.4) is 0 Å². The van der Waals surface area contributed by atoms with Crippen LogP contribution in [0.4, 0.5) is 10.5 Å². The Kier molecular flexibility index (Phi) is 6.18. The van der Waals surface area contributed by atoms with Crippen LogP contribution in [-0.2, 0) is 11.3 Å². The molecule has 1 N–H and O–H groups in total. The van der Waals surface area contributed by atoms with Crippen molar-refractivity contribution in [3.63, 3.8) is 0 Å². The lowest BCUT2D eigenvalue weighted by molar-refractivity contribution is -0.127. The highest BCUT2D eigenvalue weighted by molar-refractivity contribution is 6.30. The topological polar surface area (TPSA) is 71.5 Å². The first-order valence-electron chi connectivity index (χ1n) is 11.6. The first-order valence-corrected chi connectivity index (χ1v) is 12.0. The van der Waals surface area contributed by atoms with Crippen molar-refractivity contribution < 1.29 is 9.59 Å². The van der Waals surface area contributed by atoms with E-state index in [0.29, 0.717) is 13.1 Å². The molecule has 2 saturated heterocycles. The van der Waals surface area contributed by atoms with Crippen molar-refractivity contribution in [1.82, 2.24) is 20.0 Å². The maximum absolute atomic E-state index is 12.9. The number of aliphatic imine (C=N–C) groups is 1. The van der Waals surface area contributed by atoms with Gasteiger partial charge in [-0.15, -0.1) is 0 Å². The van der Waals surface area contributed by atoms with Crippen molar-refractivity contribution in [2.75, 3.05) is 44.7 Å². The summed E-state index contributed by atoms with van der Waals surface area (Å²) in [7, 11) is 1.70. The summed E-state index contributed by atoms with van der Waals surface area (Å²) >= 11 is 6.17. The van der Waals surface area contributed by atoms with Crippen LogP contribution in [-0.4, -0.2) is 84.5 Å². The molecule has 2 atom stereocenters. The molecule has 0 radical (unpaired) electrons. The minimum absolute atomic E-state index is 0.286. The van der Waals surface area contributed by atoms with Crippen LogP contribution in [0.15, 0.2) is 53.5 Å². The lowest BCUT2D eigenvalue weighted by Crippen LogP contribution is -2.63. The van der Waals surface area contributed by atoms with Gasteiger partial charge in [-0.3, -0.25) is 15.0 Å². The Labute approximate surface area is 204 Å². The summed E-state index contributed by atoms with van der Waals surface area (Å²) in [6, 6.07) is 15.2. The van der Waals surface area contributed by atoms with Gasteiger partial charge in [0.05, 0.1) is 6.54 Å². The van der Waals surface area contributed by atoms with Gasteiger partial charge in [0.1, 0.15) is 5.84 Å². The van der Waals surface area contributed by atoms with Gasteiger partial charge in [0.25, 0.3) is 5.91 Å². The van der Waals surface area contributed by atoms with Gasteiger partial charge in [-0.25, -0.2) is 9.79 Å². The molecule has 2 aromatic carbocycles. The van der Waals surface area contributed by atoms with E-state index in [9.17, 15) is 9.59 Å². The van der Waals surface area contributed by atoms with E-state index in [1.54, 1.807) is 7.05 Å². The van der Waals surface area contributed by atoms with E-state index in [1.807, 2.05) is 30.3 Å². The second-order valence-corrected chi connectivity index (χ2v) is 9.54. The van der Waals surface area contributed by atoms with E-state index in [0.717, 1.165) is 48.3 Å². The number of imide groups is 1. The molecule has 178 valence electrons. The summed E-state index contributed by atoms with van der Waals surface area (Å²) in [6.07, 6.45) is -0.506. The van der Waals surface area contributed by atoms with Crippen LogP contribution in [0.1, 0.15) is 11.1 Å². The number of urea groups is 1. The van der Waals surface area contributed by atoms with E-state index in [2.05, 4.69) is 45.1 Å². The summed E-state index contributed by atoms with van der Waals surface area (Å²) in [4.78, 5) is 38.3. The molecule has 5 rings (SSSR count).